The molecule has 1 aromatic rings. The van der Waals surface area contributed by atoms with Crippen molar-refractivity contribution < 1.29 is 4.74 Å². The molecule has 17 heavy (non-hydrogen) atoms. The van der Waals surface area contributed by atoms with Crippen LogP contribution in [0.5, 0.6) is 5.75 Å². The fourth-order valence-electron chi connectivity index (χ4n) is 1.42. The van der Waals surface area contributed by atoms with Crippen molar-refractivity contribution in [2.45, 2.75) is 19.4 Å². The van der Waals surface area contributed by atoms with Gasteiger partial charge in [-0.3, -0.25) is 5.32 Å². The molecular formula is C14H18N2O. The molecule has 0 spiro atoms. The summed E-state index contributed by atoms with van der Waals surface area (Å²) in [4.78, 5) is 0. The van der Waals surface area contributed by atoms with E-state index < -0.39 is 0 Å². The second kappa shape index (κ2) is 7.48. The van der Waals surface area contributed by atoms with E-state index >= 15 is 0 Å². The molecule has 1 unspecified atom stereocenters. The van der Waals surface area contributed by atoms with Crippen LogP contribution in [0.25, 0.3) is 0 Å². The molecule has 0 aromatic heterocycles. The average molecular weight is 230 g/mol. The maximum atomic E-state index is 9.04. The molecule has 1 rings (SSSR count). The molecule has 90 valence electrons. The predicted octanol–water partition coefficient (Wildman–Crippen LogP) is 2.82. The number of nitrogens with zero attached hydrogens (tertiary/aromatic N) is 1. The van der Waals surface area contributed by atoms with Gasteiger partial charge in [-0.15, -0.1) is 6.58 Å². The minimum Gasteiger partial charge on any atom is -0.494 e. The Morgan fingerprint density at radius 1 is 1.47 bits per heavy atom. The summed E-state index contributed by atoms with van der Waals surface area (Å²) in [5.74, 6) is 0.844. The van der Waals surface area contributed by atoms with E-state index in [1.165, 1.54) is 0 Å². The third kappa shape index (κ3) is 4.29. The SMILES string of the molecule is C=CCNC(C#N)c1ccc(OCCC)cc1. The van der Waals surface area contributed by atoms with Crippen LogP contribution in [0.2, 0.25) is 0 Å². The third-order valence-electron chi connectivity index (χ3n) is 2.28. The number of hydrogen-bond acceptors (Lipinski definition) is 3. The fourth-order valence-corrected chi connectivity index (χ4v) is 1.42. The fraction of sp³-hybridized carbons (Fsp3) is 0.357. The quantitative estimate of drug-likeness (QED) is 0.732. The Labute approximate surface area is 103 Å². The molecule has 1 aromatic carbocycles. The average Bonchev–Trinajstić information content (AvgIpc) is 2.38. The molecule has 0 amide bonds. The van der Waals surface area contributed by atoms with Crippen molar-refractivity contribution in [3.63, 3.8) is 0 Å². The molecule has 3 nitrogen and oxygen atoms in total. The Morgan fingerprint density at radius 3 is 2.71 bits per heavy atom. The van der Waals surface area contributed by atoms with Gasteiger partial charge in [-0.05, 0) is 24.1 Å². The van der Waals surface area contributed by atoms with Crippen molar-refractivity contribution in [1.29, 1.82) is 5.26 Å². The number of benzene rings is 1. The normalized spacial score (nSPS) is 11.5. The largest absolute Gasteiger partial charge is 0.494 e. The minimum absolute atomic E-state index is 0.298. The molecule has 0 bridgehead atoms. The lowest BCUT2D eigenvalue weighted by Gasteiger charge is -2.11. The summed E-state index contributed by atoms with van der Waals surface area (Å²) in [5.41, 5.74) is 0.943. The molecule has 0 heterocycles. The van der Waals surface area contributed by atoms with Crippen LogP contribution in [0, 0.1) is 11.3 Å². The van der Waals surface area contributed by atoms with E-state index in [-0.39, 0.29) is 6.04 Å². The Kier molecular flexibility index (Phi) is 5.84. The first-order chi connectivity index (χ1) is 8.31. The Morgan fingerprint density at radius 2 is 2.18 bits per heavy atom. The maximum absolute atomic E-state index is 9.04. The van der Waals surface area contributed by atoms with Crippen molar-refractivity contribution in [3.8, 4) is 11.8 Å². The Hall–Kier alpha value is -1.79. The predicted molar refractivity (Wildman–Crippen MR) is 68.8 cm³/mol. The first kappa shape index (κ1) is 13.3. The number of nitrogens with one attached hydrogen (secondary N) is 1. The Bertz CT molecular complexity index is 378. The van der Waals surface area contributed by atoms with Gasteiger partial charge in [0.2, 0.25) is 0 Å². The van der Waals surface area contributed by atoms with Gasteiger partial charge in [-0.2, -0.15) is 5.26 Å². The van der Waals surface area contributed by atoms with Crippen molar-refractivity contribution in [2.24, 2.45) is 0 Å². The molecule has 1 N–H and O–H groups in total. The molecule has 0 fully saturated rings. The third-order valence-corrected chi connectivity index (χ3v) is 2.28. The summed E-state index contributed by atoms with van der Waals surface area (Å²) in [6, 6.07) is 9.53. The molecule has 3 heteroatoms. The first-order valence-corrected chi connectivity index (χ1v) is 5.78. The second-order valence-corrected chi connectivity index (χ2v) is 3.68. The van der Waals surface area contributed by atoms with Crippen LogP contribution >= 0.6 is 0 Å². The summed E-state index contributed by atoms with van der Waals surface area (Å²) in [5, 5.41) is 12.1. The van der Waals surface area contributed by atoms with E-state index in [4.69, 9.17) is 10.00 Å². The number of rotatable bonds is 7. The highest BCUT2D eigenvalue weighted by molar-refractivity contribution is 5.31. The summed E-state index contributed by atoms with van der Waals surface area (Å²) in [7, 11) is 0. The molecule has 0 aliphatic heterocycles. The van der Waals surface area contributed by atoms with Crippen LogP contribution in [0.1, 0.15) is 24.9 Å². The lowest BCUT2D eigenvalue weighted by molar-refractivity contribution is 0.317. The smallest absolute Gasteiger partial charge is 0.121 e. The van der Waals surface area contributed by atoms with E-state index in [1.807, 2.05) is 24.3 Å². The molecule has 0 saturated heterocycles. The zero-order valence-corrected chi connectivity index (χ0v) is 10.1. The van der Waals surface area contributed by atoms with Crippen molar-refractivity contribution in [3.05, 3.63) is 42.5 Å². The van der Waals surface area contributed by atoms with Crippen molar-refractivity contribution in [2.75, 3.05) is 13.2 Å². The van der Waals surface area contributed by atoms with E-state index in [0.29, 0.717) is 6.54 Å². The number of nitriles is 1. The van der Waals surface area contributed by atoms with Gasteiger partial charge in [-0.1, -0.05) is 25.1 Å². The van der Waals surface area contributed by atoms with Gasteiger partial charge in [0.1, 0.15) is 11.8 Å². The highest BCUT2D eigenvalue weighted by Gasteiger charge is 2.08. The minimum atomic E-state index is -0.298. The summed E-state index contributed by atoms with van der Waals surface area (Å²) in [6.45, 7) is 7.02. The monoisotopic (exact) mass is 230 g/mol. The highest BCUT2D eigenvalue weighted by Crippen LogP contribution is 2.17. The zero-order valence-electron chi connectivity index (χ0n) is 10.1. The van der Waals surface area contributed by atoms with Crippen LogP contribution in [0.3, 0.4) is 0 Å². The number of ether oxygens (including phenoxy) is 1. The van der Waals surface area contributed by atoms with Crippen LogP contribution in [0.15, 0.2) is 36.9 Å². The van der Waals surface area contributed by atoms with Gasteiger partial charge in [0.15, 0.2) is 0 Å². The van der Waals surface area contributed by atoms with E-state index in [0.717, 1.165) is 24.3 Å². The molecule has 0 aliphatic rings. The lowest BCUT2D eigenvalue weighted by Crippen LogP contribution is -2.19. The molecule has 0 radical (unpaired) electrons. The van der Waals surface area contributed by atoms with Crippen molar-refractivity contribution >= 4 is 0 Å². The standard InChI is InChI=1S/C14H18N2O/c1-3-9-16-14(11-15)12-5-7-13(8-6-12)17-10-4-2/h3,5-8,14,16H,1,4,9-10H2,2H3. The second-order valence-electron chi connectivity index (χ2n) is 3.68. The van der Waals surface area contributed by atoms with Gasteiger partial charge in [0.25, 0.3) is 0 Å². The summed E-state index contributed by atoms with van der Waals surface area (Å²) >= 11 is 0. The highest BCUT2D eigenvalue weighted by atomic mass is 16.5. The van der Waals surface area contributed by atoms with Gasteiger partial charge in [-0.25, -0.2) is 0 Å². The summed E-state index contributed by atoms with van der Waals surface area (Å²) in [6.07, 6.45) is 2.73. The van der Waals surface area contributed by atoms with Gasteiger partial charge >= 0.3 is 0 Å². The van der Waals surface area contributed by atoms with Crippen LogP contribution in [-0.2, 0) is 0 Å². The van der Waals surface area contributed by atoms with E-state index in [2.05, 4.69) is 24.9 Å². The topological polar surface area (TPSA) is 45.0 Å². The molecule has 0 aliphatic carbocycles. The van der Waals surface area contributed by atoms with Crippen LogP contribution in [0.4, 0.5) is 0 Å². The Balaban J connectivity index is 2.64. The molecular weight excluding hydrogens is 212 g/mol. The van der Waals surface area contributed by atoms with E-state index in [9.17, 15) is 0 Å². The van der Waals surface area contributed by atoms with Crippen molar-refractivity contribution in [1.82, 2.24) is 5.32 Å². The van der Waals surface area contributed by atoms with Gasteiger partial charge in [0, 0.05) is 6.54 Å². The van der Waals surface area contributed by atoms with Crippen LogP contribution < -0.4 is 10.1 Å². The maximum Gasteiger partial charge on any atom is 0.121 e. The van der Waals surface area contributed by atoms with Crippen LogP contribution in [-0.4, -0.2) is 13.2 Å². The van der Waals surface area contributed by atoms with Gasteiger partial charge in [0.05, 0.1) is 12.7 Å². The lowest BCUT2D eigenvalue weighted by atomic mass is 10.1. The van der Waals surface area contributed by atoms with E-state index in [1.54, 1.807) is 6.08 Å². The first-order valence-electron chi connectivity index (χ1n) is 5.78. The molecule has 1 atom stereocenters. The zero-order chi connectivity index (χ0) is 12.5. The summed E-state index contributed by atoms with van der Waals surface area (Å²) < 4.78 is 5.49. The van der Waals surface area contributed by atoms with Gasteiger partial charge < -0.3 is 4.74 Å². The molecule has 0 saturated carbocycles. The number of hydrogen-bond donors (Lipinski definition) is 1.